The summed E-state index contributed by atoms with van der Waals surface area (Å²) in [6.45, 7) is 5.08. The Morgan fingerprint density at radius 1 is 1.29 bits per heavy atom. The molecular weight excluding hydrogens is 274 g/mol. The van der Waals surface area contributed by atoms with Gasteiger partial charge < -0.3 is 14.6 Å². The molecule has 0 aliphatic rings. The van der Waals surface area contributed by atoms with Crippen molar-refractivity contribution in [3.8, 4) is 5.75 Å². The molecule has 0 saturated heterocycles. The Balaban J connectivity index is 2.93. The van der Waals surface area contributed by atoms with Gasteiger partial charge in [-0.2, -0.15) is 0 Å². The molecule has 0 spiro atoms. The molecule has 0 aliphatic carbocycles. The first-order valence-corrected chi connectivity index (χ1v) is 6.30. The fraction of sp³-hybridized carbons (Fsp3) is 0.333. The molecule has 6 heteroatoms. The number of methoxy groups -OCH3 is 1. The second-order valence-corrected chi connectivity index (χ2v) is 5.27. The molecule has 0 unspecified atom stereocenters. The summed E-state index contributed by atoms with van der Waals surface area (Å²) in [6, 6.07) is 6.80. The van der Waals surface area contributed by atoms with Gasteiger partial charge in [0, 0.05) is 0 Å². The van der Waals surface area contributed by atoms with Crippen LogP contribution in [0.5, 0.6) is 5.75 Å². The highest BCUT2D eigenvalue weighted by Crippen LogP contribution is 2.15. The van der Waals surface area contributed by atoms with Gasteiger partial charge in [-0.25, -0.2) is 9.59 Å². The van der Waals surface area contributed by atoms with Crippen LogP contribution in [0.3, 0.4) is 0 Å². The third-order valence-electron chi connectivity index (χ3n) is 2.27. The van der Waals surface area contributed by atoms with Crippen LogP contribution < -0.4 is 10.1 Å². The maximum atomic E-state index is 11.6. The number of carbonyl (C=O) groups excluding carboxylic acids is 1. The van der Waals surface area contributed by atoms with Crippen molar-refractivity contribution in [1.29, 1.82) is 0 Å². The Morgan fingerprint density at radius 2 is 1.95 bits per heavy atom. The highest BCUT2D eigenvalue weighted by atomic mass is 16.6. The molecule has 21 heavy (non-hydrogen) atoms. The number of hydrogen-bond donors (Lipinski definition) is 2. The van der Waals surface area contributed by atoms with Crippen LogP contribution in [0.1, 0.15) is 26.3 Å². The van der Waals surface area contributed by atoms with Crippen LogP contribution in [0.15, 0.2) is 30.0 Å². The van der Waals surface area contributed by atoms with Crippen molar-refractivity contribution < 1.29 is 24.2 Å². The quantitative estimate of drug-likeness (QED) is 0.834. The van der Waals surface area contributed by atoms with Crippen LogP contribution in [0.25, 0.3) is 6.08 Å². The Hall–Kier alpha value is -2.50. The lowest BCUT2D eigenvalue weighted by molar-refractivity contribution is -0.133. The average molecular weight is 293 g/mol. The standard InChI is InChI=1S/C15H19NO5/c1-15(2,3)21-14(19)16-12(13(17)18)9-10-6-5-7-11(8-10)20-4/h5-9H,1-4H3,(H,16,19)(H,17,18). The number of carbonyl (C=O) groups is 2. The van der Waals surface area contributed by atoms with Crippen LogP contribution in [0.2, 0.25) is 0 Å². The summed E-state index contributed by atoms with van der Waals surface area (Å²) < 4.78 is 10.1. The first kappa shape index (κ1) is 16.6. The zero-order valence-corrected chi connectivity index (χ0v) is 12.5. The largest absolute Gasteiger partial charge is 0.497 e. The van der Waals surface area contributed by atoms with Gasteiger partial charge in [0.25, 0.3) is 0 Å². The normalized spacial score (nSPS) is 11.7. The fourth-order valence-corrected chi connectivity index (χ4v) is 1.46. The number of carboxylic acid groups (broad SMARTS) is 1. The van der Waals surface area contributed by atoms with Gasteiger partial charge in [-0.15, -0.1) is 0 Å². The molecular formula is C15H19NO5. The first-order valence-electron chi connectivity index (χ1n) is 6.30. The third kappa shape index (κ3) is 5.99. The van der Waals surface area contributed by atoms with Crippen molar-refractivity contribution in [3.63, 3.8) is 0 Å². The predicted molar refractivity (Wildman–Crippen MR) is 78.0 cm³/mol. The van der Waals surface area contributed by atoms with Crippen molar-refractivity contribution in [2.45, 2.75) is 26.4 Å². The Bertz CT molecular complexity index is 557. The van der Waals surface area contributed by atoms with Crippen molar-refractivity contribution in [2.75, 3.05) is 7.11 Å². The molecule has 1 aromatic carbocycles. The van der Waals surface area contributed by atoms with Crippen LogP contribution in [0, 0.1) is 0 Å². The Morgan fingerprint density at radius 3 is 2.48 bits per heavy atom. The molecule has 1 rings (SSSR count). The van der Waals surface area contributed by atoms with Gasteiger partial charge in [0.2, 0.25) is 0 Å². The molecule has 0 saturated carbocycles. The van der Waals surface area contributed by atoms with E-state index in [0.29, 0.717) is 11.3 Å². The van der Waals surface area contributed by atoms with Gasteiger partial charge in [0.05, 0.1) is 7.11 Å². The number of nitrogens with one attached hydrogen (secondary N) is 1. The lowest BCUT2D eigenvalue weighted by atomic mass is 10.2. The van der Waals surface area contributed by atoms with Crippen molar-refractivity contribution in [3.05, 3.63) is 35.5 Å². The molecule has 1 amide bonds. The number of amides is 1. The van der Waals surface area contributed by atoms with E-state index in [0.717, 1.165) is 0 Å². The van der Waals surface area contributed by atoms with E-state index in [2.05, 4.69) is 5.32 Å². The van der Waals surface area contributed by atoms with E-state index in [1.807, 2.05) is 0 Å². The monoisotopic (exact) mass is 293 g/mol. The Labute approximate surface area is 123 Å². The average Bonchev–Trinajstić information content (AvgIpc) is 2.36. The van der Waals surface area contributed by atoms with Gasteiger partial charge in [0.1, 0.15) is 17.0 Å². The lowest BCUT2D eigenvalue weighted by Gasteiger charge is -2.19. The molecule has 0 heterocycles. The number of ether oxygens (including phenoxy) is 2. The van der Waals surface area contributed by atoms with Gasteiger partial charge in [-0.1, -0.05) is 12.1 Å². The van der Waals surface area contributed by atoms with E-state index in [1.54, 1.807) is 45.0 Å². The number of rotatable bonds is 4. The minimum atomic E-state index is -1.26. The summed E-state index contributed by atoms with van der Waals surface area (Å²) in [5, 5.41) is 11.4. The molecule has 0 fully saturated rings. The van der Waals surface area contributed by atoms with Crippen molar-refractivity contribution in [1.82, 2.24) is 5.32 Å². The second kappa shape index (κ2) is 6.78. The molecule has 2 N–H and O–H groups in total. The van der Waals surface area contributed by atoms with Crippen molar-refractivity contribution in [2.24, 2.45) is 0 Å². The summed E-state index contributed by atoms with van der Waals surface area (Å²) in [7, 11) is 1.51. The molecule has 0 aromatic heterocycles. The molecule has 0 bridgehead atoms. The maximum absolute atomic E-state index is 11.6. The van der Waals surface area contributed by atoms with Gasteiger partial charge in [-0.05, 0) is 44.5 Å². The minimum Gasteiger partial charge on any atom is -0.497 e. The number of benzene rings is 1. The van der Waals surface area contributed by atoms with E-state index >= 15 is 0 Å². The summed E-state index contributed by atoms with van der Waals surface area (Å²) in [4.78, 5) is 22.8. The SMILES string of the molecule is COc1cccc(C=C(NC(=O)OC(C)(C)C)C(=O)O)c1. The zero-order valence-electron chi connectivity index (χ0n) is 12.5. The maximum Gasteiger partial charge on any atom is 0.412 e. The van der Waals surface area contributed by atoms with E-state index in [9.17, 15) is 9.59 Å². The number of alkyl carbamates (subject to hydrolysis) is 1. The molecule has 1 aromatic rings. The van der Waals surface area contributed by atoms with Crippen molar-refractivity contribution >= 4 is 18.1 Å². The summed E-state index contributed by atoms with van der Waals surface area (Å²) in [5.74, 6) is -0.672. The van der Waals surface area contributed by atoms with E-state index in [-0.39, 0.29) is 5.70 Å². The summed E-state index contributed by atoms with van der Waals surface area (Å²) in [6.07, 6.45) is 0.508. The van der Waals surface area contributed by atoms with Gasteiger partial charge >= 0.3 is 12.1 Å². The fourth-order valence-electron chi connectivity index (χ4n) is 1.46. The molecule has 0 aliphatic heterocycles. The smallest absolute Gasteiger partial charge is 0.412 e. The summed E-state index contributed by atoms with van der Waals surface area (Å²) >= 11 is 0. The minimum absolute atomic E-state index is 0.280. The molecule has 6 nitrogen and oxygen atoms in total. The Kier molecular flexibility index (Phi) is 5.35. The lowest BCUT2D eigenvalue weighted by Crippen LogP contribution is -2.34. The third-order valence-corrected chi connectivity index (χ3v) is 2.27. The first-order chi connectivity index (χ1) is 9.71. The zero-order chi connectivity index (χ0) is 16.0. The van der Waals surface area contributed by atoms with E-state index in [4.69, 9.17) is 14.6 Å². The second-order valence-electron chi connectivity index (χ2n) is 5.27. The van der Waals surface area contributed by atoms with Gasteiger partial charge in [0.15, 0.2) is 0 Å². The van der Waals surface area contributed by atoms with Crippen LogP contribution >= 0.6 is 0 Å². The number of carboxylic acids is 1. The number of aliphatic carboxylic acids is 1. The summed E-state index contributed by atoms with van der Waals surface area (Å²) in [5.41, 5.74) is -0.399. The molecule has 0 radical (unpaired) electrons. The van der Waals surface area contributed by atoms with E-state index < -0.39 is 17.7 Å². The molecule has 114 valence electrons. The predicted octanol–water partition coefficient (Wildman–Crippen LogP) is 2.65. The van der Waals surface area contributed by atoms with Crippen LogP contribution in [-0.2, 0) is 9.53 Å². The highest BCUT2D eigenvalue weighted by Gasteiger charge is 2.19. The molecule has 0 atom stereocenters. The highest BCUT2D eigenvalue weighted by molar-refractivity contribution is 5.95. The van der Waals surface area contributed by atoms with E-state index in [1.165, 1.54) is 13.2 Å². The van der Waals surface area contributed by atoms with Crippen LogP contribution in [0.4, 0.5) is 4.79 Å². The van der Waals surface area contributed by atoms with Gasteiger partial charge in [-0.3, -0.25) is 5.32 Å². The number of hydrogen-bond acceptors (Lipinski definition) is 4. The topological polar surface area (TPSA) is 84.9 Å². The van der Waals surface area contributed by atoms with Crippen LogP contribution in [-0.4, -0.2) is 29.9 Å².